The molecule has 0 saturated carbocycles. The Morgan fingerprint density at radius 3 is 2.39 bits per heavy atom. The molecule has 3 aromatic carbocycles. The highest BCUT2D eigenvalue weighted by atomic mass is 32.1. The first-order chi connectivity index (χ1) is 15.2. The van der Waals surface area contributed by atoms with Gasteiger partial charge in [-0.15, -0.1) is 0 Å². The van der Waals surface area contributed by atoms with Crippen LogP contribution in [-0.4, -0.2) is 10.9 Å². The summed E-state index contributed by atoms with van der Waals surface area (Å²) in [4.78, 5) is 20.0. The Bertz CT molecular complexity index is 1320. The van der Waals surface area contributed by atoms with E-state index in [2.05, 4.69) is 12.1 Å². The van der Waals surface area contributed by atoms with Gasteiger partial charge in [-0.25, -0.2) is 4.98 Å². The second-order valence-electron chi connectivity index (χ2n) is 7.33. The van der Waals surface area contributed by atoms with Crippen LogP contribution < -0.4 is 4.90 Å². The second kappa shape index (κ2) is 8.20. The minimum atomic E-state index is -0.104. The Kier molecular flexibility index (Phi) is 5.10. The molecular formula is C26H20N2O2S. The highest BCUT2D eigenvalue weighted by Gasteiger charge is 2.23. The number of carbonyl (C=O) groups excluding carboxylic acids is 1. The van der Waals surface area contributed by atoms with Gasteiger partial charge in [0.15, 0.2) is 5.13 Å². The van der Waals surface area contributed by atoms with E-state index in [-0.39, 0.29) is 5.91 Å². The molecule has 0 fully saturated rings. The molecule has 0 unspecified atom stereocenters. The van der Waals surface area contributed by atoms with Crippen LogP contribution >= 0.6 is 11.3 Å². The number of furan rings is 1. The fourth-order valence-corrected chi connectivity index (χ4v) is 4.61. The van der Waals surface area contributed by atoms with Crippen LogP contribution in [0.15, 0.2) is 95.6 Å². The van der Waals surface area contributed by atoms with Crippen molar-refractivity contribution in [3.8, 4) is 11.1 Å². The first-order valence-electron chi connectivity index (χ1n) is 10.0. The lowest BCUT2D eigenvalue weighted by Gasteiger charge is -2.19. The molecule has 0 saturated heterocycles. The van der Waals surface area contributed by atoms with E-state index in [1.165, 1.54) is 11.3 Å². The number of anilines is 1. The minimum absolute atomic E-state index is 0.104. The number of para-hydroxylation sites is 1. The third-order valence-corrected chi connectivity index (χ3v) is 6.26. The van der Waals surface area contributed by atoms with Crippen LogP contribution in [0.1, 0.15) is 21.7 Å². The van der Waals surface area contributed by atoms with Crippen molar-refractivity contribution in [2.24, 2.45) is 0 Å². The van der Waals surface area contributed by atoms with E-state index in [9.17, 15) is 4.79 Å². The quantitative estimate of drug-likeness (QED) is 0.315. The van der Waals surface area contributed by atoms with E-state index in [0.29, 0.717) is 23.0 Å². The number of fused-ring (bicyclic) bond motifs is 1. The van der Waals surface area contributed by atoms with Crippen molar-refractivity contribution in [3.63, 3.8) is 0 Å². The molecule has 0 N–H and O–H groups in total. The first-order valence-corrected chi connectivity index (χ1v) is 10.9. The predicted molar refractivity (Wildman–Crippen MR) is 125 cm³/mol. The summed E-state index contributed by atoms with van der Waals surface area (Å²) in [5.74, 6) is 0.609. The number of benzene rings is 3. The molecule has 0 aliphatic rings. The molecule has 4 nitrogen and oxygen atoms in total. The molecule has 1 amide bonds. The number of rotatable bonds is 5. The SMILES string of the molecule is Cc1cccc2sc(N(Cc3ccco3)C(=O)c3ccc(-c4ccccc4)cc3)nc12. The van der Waals surface area contributed by atoms with Gasteiger partial charge in [0.1, 0.15) is 5.76 Å². The van der Waals surface area contributed by atoms with Crippen LogP contribution in [-0.2, 0) is 6.54 Å². The van der Waals surface area contributed by atoms with Crippen LogP contribution in [0.25, 0.3) is 21.3 Å². The second-order valence-corrected chi connectivity index (χ2v) is 8.34. The molecule has 0 atom stereocenters. The van der Waals surface area contributed by atoms with Gasteiger partial charge in [0.05, 0.1) is 23.0 Å². The summed E-state index contributed by atoms with van der Waals surface area (Å²) in [6.07, 6.45) is 1.62. The number of hydrogen-bond acceptors (Lipinski definition) is 4. The van der Waals surface area contributed by atoms with Gasteiger partial charge in [0, 0.05) is 5.56 Å². The van der Waals surface area contributed by atoms with Crippen molar-refractivity contribution in [2.75, 3.05) is 4.90 Å². The van der Waals surface area contributed by atoms with Crippen molar-refractivity contribution >= 4 is 32.6 Å². The van der Waals surface area contributed by atoms with Gasteiger partial charge in [-0.1, -0.05) is 65.9 Å². The number of aromatic nitrogens is 1. The number of carbonyl (C=O) groups is 1. The molecule has 0 aliphatic heterocycles. The Labute approximate surface area is 184 Å². The molecule has 5 rings (SSSR count). The molecule has 31 heavy (non-hydrogen) atoms. The van der Waals surface area contributed by atoms with Gasteiger partial charge < -0.3 is 4.42 Å². The average Bonchev–Trinajstić information content (AvgIpc) is 3.48. The molecule has 0 aliphatic carbocycles. The Balaban J connectivity index is 1.51. The van der Waals surface area contributed by atoms with Gasteiger partial charge in [-0.05, 0) is 53.9 Å². The molecule has 0 spiro atoms. The summed E-state index contributed by atoms with van der Waals surface area (Å²) in [5, 5.41) is 0.665. The summed E-state index contributed by atoms with van der Waals surface area (Å²) in [7, 11) is 0. The monoisotopic (exact) mass is 424 g/mol. The summed E-state index contributed by atoms with van der Waals surface area (Å²) >= 11 is 1.52. The maximum Gasteiger partial charge on any atom is 0.260 e. The van der Waals surface area contributed by atoms with Crippen LogP contribution in [0.4, 0.5) is 5.13 Å². The topological polar surface area (TPSA) is 46.3 Å². The molecule has 2 heterocycles. The lowest BCUT2D eigenvalue weighted by molar-refractivity contribution is 0.0983. The van der Waals surface area contributed by atoms with Crippen molar-refractivity contribution in [3.05, 3.63) is 108 Å². The van der Waals surface area contributed by atoms with E-state index < -0.39 is 0 Å². The normalized spacial score (nSPS) is 11.0. The molecule has 0 radical (unpaired) electrons. The maximum absolute atomic E-state index is 13.5. The van der Waals surface area contributed by atoms with E-state index in [1.807, 2.05) is 79.7 Å². The van der Waals surface area contributed by atoms with Crippen molar-refractivity contribution in [1.29, 1.82) is 0 Å². The van der Waals surface area contributed by atoms with Crippen molar-refractivity contribution < 1.29 is 9.21 Å². The van der Waals surface area contributed by atoms with Gasteiger partial charge in [0.2, 0.25) is 0 Å². The average molecular weight is 425 g/mol. The van der Waals surface area contributed by atoms with Gasteiger partial charge in [0.25, 0.3) is 5.91 Å². The molecule has 152 valence electrons. The fourth-order valence-electron chi connectivity index (χ4n) is 3.57. The summed E-state index contributed by atoms with van der Waals surface area (Å²) in [5.41, 5.74) is 4.83. The number of nitrogens with zero attached hydrogens (tertiary/aromatic N) is 2. The van der Waals surface area contributed by atoms with Crippen LogP contribution in [0.3, 0.4) is 0 Å². The zero-order chi connectivity index (χ0) is 21.2. The van der Waals surface area contributed by atoms with Gasteiger partial charge in [-0.2, -0.15) is 0 Å². The standard InChI is InChI=1S/C26H20N2O2S/c1-18-7-5-11-23-24(18)27-26(31-23)28(17-22-10-6-16-30-22)25(29)21-14-12-20(13-15-21)19-8-3-2-4-9-19/h2-16H,17H2,1H3. The Morgan fingerprint density at radius 1 is 0.903 bits per heavy atom. The van der Waals surface area contributed by atoms with Crippen LogP contribution in [0.2, 0.25) is 0 Å². The highest BCUT2D eigenvalue weighted by Crippen LogP contribution is 2.32. The predicted octanol–water partition coefficient (Wildman–Crippen LogP) is 6.71. The lowest BCUT2D eigenvalue weighted by Crippen LogP contribution is -2.30. The van der Waals surface area contributed by atoms with E-state index >= 15 is 0 Å². The van der Waals surface area contributed by atoms with Crippen molar-refractivity contribution in [2.45, 2.75) is 13.5 Å². The highest BCUT2D eigenvalue weighted by molar-refractivity contribution is 7.22. The van der Waals surface area contributed by atoms with Gasteiger partial charge in [-0.3, -0.25) is 9.69 Å². The summed E-state index contributed by atoms with van der Waals surface area (Å²) < 4.78 is 6.59. The number of thiazole rings is 1. The maximum atomic E-state index is 13.5. The fraction of sp³-hybridized carbons (Fsp3) is 0.0769. The minimum Gasteiger partial charge on any atom is -0.467 e. The number of amides is 1. The molecule has 5 heteroatoms. The van der Waals surface area contributed by atoms with Crippen molar-refractivity contribution in [1.82, 2.24) is 4.98 Å². The summed E-state index contributed by atoms with van der Waals surface area (Å²) in [6, 6.07) is 27.6. The van der Waals surface area contributed by atoms with Crippen LogP contribution in [0, 0.1) is 6.92 Å². The largest absolute Gasteiger partial charge is 0.467 e. The lowest BCUT2D eigenvalue weighted by atomic mass is 10.0. The molecule has 0 bridgehead atoms. The smallest absolute Gasteiger partial charge is 0.260 e. The Hall–Kier alpha value is -3.70. The third kappa shape index (κ3) is 3.88. The summed E-state index contributed by atoms with van der Waals surface area (Å²) in [6.45, 7) is 2.36. The first kappa shape index (κ1) is 19.3. The van der Waals surface area contributed by atoms with E-state index in [0.717, 1.165) is 26.9 Å². The van der Waals surface area contributed by atoms with Gasteiger partial charge >= 0.3 is 0 Å². The molecule has 2 aromatic heterocycles. The molecule has 5 aromatic rings. The third-order valence-electron chi connectivity index (χ3n) is 5.22. The van der Waals surface area contributed by atoms with E-state index in [1.54, 1.807) is 11.2 Å². The number of hydrogen-bond donors (Lipinski definition) is 0. The molecular weight excluding hydrogens is 404 g/mol. The zero-order valence-electron chi connectivity index (χ0n) is 17.0. The number of aryl methyl sites for hydroxylation is 1. The zero-order valence-corrected chi connectivity index (χ0v) is 17.8. The van der Waals surface area contributed by atoms with Crippen LogP contribution in [0.5, 0.6) is 0 Å². The Morgan fingerprint density at radius 2 is 1.68 bits per heavy atom. The van der Waals surface area contributed by atoms with E-state index in [4.69, 9.17) is 9.40 Å².